The summed E-state index contributed by atoms with van der Waals surface area (Å²) in [6.45, 7) is 10.9. The van der Waals surface area contributed by atoms with Crippen molar-refractivity contribution in [3.8, 4) is 0 Å². The van der Waals surface area contributed by atoms with Crippen LogP contribution in [0.1, 0.15) is 59.8 Å². The molecule has 0 aromatic heterocycles. The number of nitrogens with zero attached hydrogens (tertiary/aromatic N) is 1. The molecule has 21 heavy (non-hydrogen) atoms. The van der Waals surface area contributed by atoms with Gasteiger partial charge in [-0.1, -0.05) is 0 Å². The molecule has 2 aliphatic rings. The highest BCUT2D eigenvalue weighted by Gasteiger charge is 2.42. The van der Waals surface area contributed by atoms with Gasteiger partial charge in [-0.2, -0.15) is 0 Å². The lowest BCUT2D eigenvalue weighted by molar-refractivity contribution is -0.123. The van der Waals surface area contributed by atoms with Crippen LogP contribution in [0.4, 0.5) is 0 Å². The molecule has 2 fully saturated rings. The van der Waals surface area contributed by atoms with Crippen molar-refractivity contribution < 1.29 is 9.53 Å². The number of nitrogens with one attached hydrogen (secondary N) is 1. The summed E-state index contributed by atoms with van der Waals surface area (Å²) in [5, 5.41) is 2.98. The Balaban J connectivity index is 1.74. The van der Waals surface area contributed by atoms with E-state index in [4.69, 9.17) is 4.74 Å². The largest absolute Gasteiger partial charge is 0.376 e. The van der Waals surface area contributed by atoms with Crippen molar-refractivity contribution in [3.05, 3.63) is 0 Å². The molecule has 1 unspecified atom stereocenters. The third-order valence-corrected chi connectivity index (χ3v) is 4.86. The van der Waals surface area contributed by atoms with E-state index < -0.39 is 0 Å². The third kappa shape index (κ3) is 4.96. The van der Waals surface area contributed by atoms with Gasteiger partial charge in [-0.25, -0.2) is 0 Å². The van der Waals surface area contributed by atoms with Crippen LogP contribution in [0.5, 0.6) is 0 Å². The predicted molar refractivity (Wildman–Crippen MR) is 85.2 cm³/mol. The summed E-state index contributed by atoms with van der Waals surface area (Å²) in [7, 11) is 0. The summed E-state index contributed by atoms with van der Waals surface area (Å²) < 4.78 is 6.00. The van der Waals surface area contributed by atoms with E-state index in [0.717, 1.165) is 13.1 Å². The Hall–Kier alpha value is -0.610. The maximum absolute atomic E-state index is 11.8. The average Bonchev–Trinajstić information content (AvgIpc) is 2.74. The number of ether oxygens (including phenoxy) is 1. The van der Waals surface area contributed by atoms with Crippen molar-refractivity contribution in [3.63, 3.8) is 0 Å². The summed E-state index contributed by atoms with van der Waals surface area (Å²) in [5.41, 5.74) is 0.491. The average molecular weight is 296 g/mol. The Bertz CT molecular complexity index is 347. The molecule has 1 atom stereocenters. The zero-order valence-corrected chi connectivity index (χ0v) is 14.2. The van der Waals surface area contributed by atoms with Crippen LogP contribution in [-0.2, 0) is 9.53 Å². The molecular formula is C17H32N2O2. The van der Waals surface area contributed by atoms with Gasteiger partial charge in [-0.15, -0.1) is 0 Å². The molecule has 0 radical (unpaired) electrons. The van der Waals surface area contributed by atoms with Crippen LogP contribution in [0, 0.1) is 5.41 Å². The second kappa shape index (κ2) is 7.10. The van der Waals surface area contributed by atoms with E-state index >= 15 is 0 Å². The molecule has 2 rings (SSSR count). The van der Waals surface area contributed by atoms with Crippen LogP contribution in [-0.4, -0.2) is 48.7 Å². The van der Waals surface area contributed by atoms with Gasteiger partial charge in [-0.05, 0) is 78.3 Å². The lowest BCUT2D eigenvalue weighted by Gasteiger charge is -2.39. The molecular weight excluding hydrogens is 264 g/mol. The first-order valence-corrected chi connectivity index (χ1v) is 8.56. The molecule has 4 heteroatoms. The fraction of sp³-hybridized carbons (Fsp3) is 0.941. The molecule has 1 N–H and O–H groups in total. The Morgan fingerprint density at radius 2 is 1.90 bits per heavy atom. The first-order valence-electron chi connectivity index (χ1n) is 8.56. The van der Waals surface area contributed by atoms with Gasteiger partial charge in [0.05, 0.1) is 18.8 Å². The summed E-state index contributed by atoms with van der Waals surface area (Å²) in [5.74, 6) is 0.161. The van der Waals surface area contributed by atoms with E-state index in [9.17, 15) is 4.79 Å². The number of rotatable bonds is 5. The summed E-state index contributed by atoms with van der Waals surface area (Å²) >= 11 is 0. The van der Waals surface area contributed by atoms with Gasteiger partial charge in [0.1, 0.15) is 0 Å². The number of amides is 1. The highest BCUT2D eigenvalue weighted by molar-refractivity contribution is 5.78. The zero-order chi connectivity index (χ0) is 15.5. The van der Waals surface area contributed by atoms with E-state index in [1.807, 2.05) is 13.8 Å². The fourth-order valence-electron chi connectivity index (χ4n) is 3.87. The van der Waals surface area contributed by atoms with Gasteiger partial charge in [0, 0.05) is 6.04 Å². The molecule has 1 saturated heterocycles. The SMILES string of the molecule is CC(C)NC(=O)CN1CCC2(CCC(OC(C)C)C2)CC1. The quantitative estimate of drug-likeness (QED) is 0.848. The highest BCUT2D eigenvalue weighted by Crippen LogP contribution is 2.47. The van der Waals surface area contributed by atoms with Gasteiger partial charge in [-0.3, -0.25) is 9.69 Å². The molecule has 1 aliphatic carbocycles. The van der Waals surface area contributed by atoms with Crippen LogP contribution in [0.2, 0.25) is 0 Å². The molecule has 0 aromatic carbocycles. The molecule has 1 saturated carbocycles. The zero-order valence-electron chi connectivity index (χ0n) is 14.2. The Morgan fingerprint density at radius 1 is 1.24 bits per heavy atom. The molecule has 1 amide bonds. The summed E-state index contributed by atoms with van der Waals surface area (Å²) in [6.07, 6.45) is 6.98. The second-order valence-electron chi connectivity index (χ2n) is 7.55. The van der Waals surface area contributed by atoms with Gasteiger partial charge in [0.15, 0.2) is 0 Å². The number of carbonyl (C=O) groups excluding carboxylic acids is 1. The fourth-order valence-corrected chi connectivity index (χ4v) is 3.87. The standard InChI is InChI=1S/C17H32N2O2/c1-13(2)18-16(20)12-19-9-7-17(8-10-19)6-5-15(11-17)21-14(3)4/h13-15H,5-12H2,1-4H3,(H,18,20). The van der Waals surface area contributed by atoms with Crippen LogP contribution in [0.3, 0.4) is 0 Å². The highest BCUT2D eigenvalue weighted by atomic mass is 16.5. The van der Waals surface area contributed by atoms with Crippen molar-refractivity contribution in [1.29, 1.82) is 0 Å². The summed E-state index contributed by atoms with van der Waals surface area (Å²) in [6, 6.07) is 0.234. The maximum atomic E-state index is 11.8. The molecule has 4 nitrogen and oxygen atoms in total. The molecule has 0 aromatic rings. The smallest absolute Gasteiger partial charge is 0.234 e. The van der Waals surface area contributed by atoms with Crippen molar-refractivity contribution in [2.75, 3.05) is 19.6 Å². The van der Waals surface area contributed by atoms with Crippen LogP contribution in [0.25, 0.3) is 0 Å². The maximum Gasteiger partial charge on any atom is 0.234 e. The van der Waals surface area contributed by atoms with Crippen LogP contribution < -0.4 is 5.32 Å². The van der Waals surface area contributed by atoms with Gasteiger partial charge in [0.25, 0.3) is 0 Å². The molecule has 1 spiro atoms. The summed E-state index contributed by atoms with van der Waals surface area (Å²) in [4.78, 5) is 14.1. The Morgan fingerprint density at radius 3 is 2.48 bits per heavy atom. The number of hydrogen-bond donors (Lipinski definition) is 1. The van der Waals surface area contributed by atoms with E-state index in [1.54, 1.807) is 0 Å². The first-order chi connectivity index (χ1) is 9.88. The normalized spacial score (nSPS) is 25.9. The topological polar surface area (TPSA) is 41.6 Å². The number of hydrogen-bond acceptors (Lipinski definition) is 3. The van der Waals surface area contributed by atoms with Gasteiger partial charge in [0.2, 0.25) is 5.91 Å². The molecule has 122 valence electrons. The lowest BCUT2D eigenvalue weighted by atomic mass is 9.77. The second-order valence-corrected chi connectivity index (χ2v) is 7.55. The van der Waals surface area contributed by atoms with Gasteiger partial charge < -0.3 is 10.1 Å². The number of carbonyl (C=O) groups is 1. The van der Waals surface area contributed by atoms with E-state index in [-0.39, 0.29) is 11.9 Å². The lowest BCUT2D eigenvalue weighted by Crippen LogP contribution is -2.45. The first kappa shape index (κ1) is 16.8. The number of likely N-dealkylation sites (tertiary alicyclic amines) is 1. The predicted octanol–water partition coefficient (Wildman–Crippen LogP) is 2.57. The van der Waals surface area contributed by atoms with E-state index in [2.05, 4.69) is 24.1 Å². The minimum Gasteiger partial charge on any atom is -0.376 e. The minimum absolute atomic E-state index is 0.161. The van der Waals surface area contributed by atoms with Crippen molar-refractivity contribution >= 4 is 5.91 Å². The van der Waals surface area contributed by atoms with Gasteiger partial charge >= 0.3 is 0 Å². The molecule has 1 aliphatic heterocycles. The van der Waals surface area contributed by atoms with Crippen LogP contribution in [0.15, 0.2) is 0 Å². The third-order valence-electron chi connectivity index (χ3n) is 4.86. The Kier molecular flexibility index (Phi) is 5.67. The monoisotopic (exact) mass is 296 g/mol. The van der Waals surface area contributed by atoms with E-state index in [0.29, 0.717) is 24.2 Å². The number of piperidine rings is 1. The molecule has 1 heterocycles. The van der Waals surface area contributed by atoms with Crippen molar-refractivity contribution in [1.82, 2.24) is 10.2 Å². The van der Waals surface area contributed by atoms with E-state index in [1.165, 1.54) is 32.1 Å². The van der Waals surface area contributed by atoms with Crippen molar-refractivity contribution in [2.24, 2.45) is 5.41 Å². The minimum atomic E-state index is 0.161. The Labute approximate surface area is 129 Å². The molecule has 0 bridgehead atoms. The van der Waals surface area contributed by atoms with Crippen molar-refractivity contribution in [2.45, 2.75) is 78.0 Å². The van der Waals surface area contributed by atoms with Crippen LogP contribution >= 0.6 is 0 Å².